The van der Waals surface area contributed by atoms with Crippen LogP contribution in [0.1, 0.15) is 34.2 Å². The van der Waals surface area contributed by atoms with Crippen molar-refractivity contribution in [2.45, 2.75) is 31.2 Å². The molecule has 4 rings (SSSR count). The molecule has 0 unspecified atom stereocenters. The Hall–Kier alpha value is -4.18. The van der Waals surface area contributed by atoms with Gasteiger partial charge in [0.05, 0.1) is 5.41 Å². The topological polar surface area (TPSA) is 72.2 Å². The molecule has 0 bridgehead atoms. The molecular formula is C31H30N2O2. The number of carbonyl (C=O) groups is 2. The Morgan fingerprint density at radius 3 is 1.66 bits per heavy atom. The van der Waals surface area contributed by atoms with Crippen LogP contribution in [0.4, 0.5) is 0 Å². The van der Waals surface area contributed by atoms with Crippen molar-refractivity contribution in [2.24, 2.45) is 5.73 Å². The van der Waals surface area contributed by atoms with Crippen molar-refractivity contribution >= 4 is 11.8 Å². The van der Waals surface area contributed by atoms with Gasteiger partial charge in [0.2, 0.25) is 11.8 Å². The lowest BCUT2D eigenvalue weighted by atomic mass is 9.67. The van der Waals surface area contributed by atoms with E-state index in [0.29, 0.717) is 6.42 Å². The summed E-state index contributed by atoms with van der Waals surface area (Å²) in [5, 5.41) is 2.94. The average Bonchev–Trinajstić information content (AvgIpc) is 2.88. The van der Waals surface area contributed by atoms with Crippen LogP contribution in [0.5, 0.6) is 0 Å². The second kappa shape index (κ2) is 10.8. The van der Waals surface area contributed by atoms with Gasteiger partial charge in [-0.3, -0.25) is 9.59 Å². The fourth-order valence-electron chi connectivity index (χ4n) is 4.76. The molecule has 35 heavy (non-hydrogen) atoms. The normalized spacial score (nSPS) is 12.0. The Morgan fingerprint density at radius 1 is 0.743 bits per heavy atom. The fraction of sp³-hybridized carbons (Fsp3) is 0.161. The van der Waals surface area contributed by atoms with E-state index in [4.69, 9.17) is 5.73 Å². The van der Waals surface area contributed by atoms with Crippen molar-refractivity contribution in [3.05, 3.63) is 143 Å². The van der Waals surface area contributed by atoms with E-state index in [-0.39, 0.29) is 12.3 Å². The highest BCUT2D eigenvalue weighted by atomic mass is 16.2. The molecule has 0 aliphatic carbocycles. The molecule has 0 radical (unpaired) electrons. The predicted molar refractivity (Wildman–Crippen MR) is 140 cm³/mol. The number of primary amides is 1. The van der Waals surface area contributed by atoms with Gasteiger partial charge in [-0.25, -0.2) is 0 Å². The van der Waals surface area contributed by atoms with E-state index in [1.807, 2.05) is 122 Å². The number of nitrogens with two attached hydrogens (primary N) is 1. The number of benzene rings is 4. The first-order valence-electron chi connectivity index (χ1n) is 11.8. The van der Waals surface area contributed by atoms with Gasteiger partial charge in [-0.1, -0.05) is 121 Å². The maximum atomic E-state index is 13.6. The summed E-state index contributed by atoms with van der Waals surface area (Å²) in [5.74, 6) is -0.789. The van der Waals surface area contributed by atoms with E-state index in [2.05, 4.69) is 5.32 Å². The molecule has 4 aromatic rings. The summed E-state index contributed by atoms with van der Waals surface area (Å²) in [6.07, 6.45) is 0.473. The monoisotopic (exact) mass is 462 g/mol. The maximum absolute atomic E-state index is 13.6. The second-order valence-corrected chi connectivity index (χ2v) is 8.90. The van der Waals surface area contributed by atoms with Crippen LogP contribution in [0.3, 0.4) is 0 Å². The lowest BCUT2D eigenvalue weighted by Gasteiger charge is -2.36. The molecule has 0 saturated carbocycles. The largest absolute Gasteiger partial charge is 0.368 e. The molecule has 0 aliphatic heterocycles. The van der Waals surface area contributed by atoms with Crippen molar-refractivity contribution < 1.29 is 9.59 Å². The number of aryl methyl sites for hydroxylation is 1. The Bertz CT molecular complexity index is 1170. The molecule has 176 valence electrons. The number of amides is 2. The summed E-state index contributed by atoms with van der Waals surface area (Å²) < 4.78 is 0. The van der Waals surface area contributed by atoms with Gasteiger partial charge in [-0.2, -0.15) is 0 Å². The summed E-state index contributed by atoms with van der Waals surface area (Å²) in [4.78, 5) is 25.9. The van der Waals surface area contributed by atoms with E-state index >= 15 is 0 Å². The standard InChI is InChI=1S/C31H30N2O2/c1-23-12-11-13-24(20-23)21-28(30(32)35)33-29(34)22-31(25-14-5-2-6-15-25,26-16-7-3-8-17-26)27-18-9-4-10-19-27/h2-20,28H,21-22H2,1H3,(H2,32,35)(H,33,34)/t28-/m0/s1. The first-order chi connectivity index (χ1) is 17.0. The fourth-order valence-corrected chi connectivity index (χ4v) is 4.76. The Balaban J connectivity index is 1.73. The second-order valence-electron chi connectivity index (χ2n) is 8.90. The average molecular weight is 463 g/mol. The Morgan fingerprint density at radius 2 is 1.23 bits per heavy atom. The van der Waals surface area contributed by atoms with Gasteiger partial charge in [-0.05, 0) is 29.2 Å². The zero-order chi connectivity index (χ0) is 24.7. The molecule has 0 spiro atoms. The van der Waals surface area contributed by atoms with Crippen LogP contribution in [0.15, 0.2) is 115 Å². The summed E-state index contributed by atoms with van der Waals surface area (Å²) >= 11 is 0. The molecule has 1 atom stereocenters. The first-order valence-corrected chi connectivity index (χ1v) is 11.8. The number of carbonyl (C=O) groups excluding carboxylic acids is 2. The van der Waals surface area contributed by atoms with Gasteiger partial charge in [-0.15, -0.1) is 0 Å². The minimum Gasteiger partial charge on any atom is -0.368 e. The lowest BCUT2D eigenvalue weighted by molar-refractivity contribution is -0.127. The van der Waals surface area contributed by atoms with Crippen LogP contribution < -0.4 is 11.1 Å². The van der Waals surface area contributed by atoms with Crippen LogP contribution in [0.2, 0.25) is 0 Å². The van der Waals surface area contributed by atoms with Crippen molar-refractivity contribution in [3.8, 4) is 0 Å². The Kier molecular flexibility index (Phi) is 7.41. The van der Waals surface area contributed by atoms with Crippen molar-refractivity contribution in [1.82, 2.24) is 5.32 Å². The van der Waals surface area contributed by atoms with Gasteiger partial charge >= 0.3 is 0 Å². The minimum absolute atomic E-state index is 0.128. The van der Waals surface area contributed by atoms with E-state index < -0.39 is 17.4 Å². The molecule has 4 nitrogen and oxygen atoms in total. The summed E-state index contributed by atoms with van der Waals surface area (Å²) in [5.41, 5.74) is 10.0. The quantitative estimate of drug-likeness (QED) is 0.346. The number of nitrogens with one attached hydrogen (secondary N) is 1. The molecule has 3 N–H and O–H groups in total. The van der Waals surface area contributed by atoms with E-state index in [1.165, 1.54) is 0 Å². The third-order valence-corrected chi connectivity index (χ3v) is 6.43. The summed E-state index contributed by atoms with van der Waals surface area (Å²) in [6, 6.07) is 37.2. The predicted octanol–water partition coefficient (Wildman–Crippen LogP) is 4.93. The van der Waals surface area contributed by atoms with Crippen LogP contribution in [0.25, 0.3) is 0 Å². The van der Waals surface area contributed by atoms with Gasteiger partial charge in [0.25, 0.3) is 0 Å². The third-order valence-electron chi connectivity index (χ3n) is 6.43. The molecule has 0 saturated heterocycles. The number of hydrogen-bond donors (Lipinski definition) is 2. The smallest absolute Gasteiger partial charge is 0.240 e. The zero-order valence-corrected chi connectivity index (χ0v) is 19.9. The first kappa shape index (κ1) is 24.0. The molecule has 2 amide bonds. The van der Waals surface area contributed by atoms with Gasteiger partial charge in [0.15, 0.2) is 0 Å². The summed E-state index contributed by atoms with van der Waals surface area (Å²) in [7, 11) is 0. The SMILES string of the molecule is Cc1cccc(C[C@H](NC(=O)CC(c2ccccc2)(c2ccccc2)c2ccccc2)C(N)=O)c1. The third kappa shape index (κ3) is 5.49. The molecule has 4 aromatic carbocycles. The maximum Gasteiger partial charge on any atom is 0.240 e. The van der Waals surface area contributed by atoms with E-state index in [0.717, 1.165) is 27.8 Å². The lowest BCUT2D eigenvalue weighted by Crippen LogP contribution is -2.48. The van der Waals surface area contributed by atoms with Gasteiger partial charge in [0, 0.05) is 12.8 Å². The molecule has 4 heteroatoms. The highest BCUT2D eigenvalue weighted by Crippen LogP contribution is 2.42. The van der Waals surface area contributed by atoms with Gasteiger partial charge in [0.1, 0.15) is 6.04 Å². The van der Waals surface area contributed by atoms with Crippen molar-refractivity contribution in [3.63, 3.8) is 0 Å². The summed E-state index contributed by atoms with van der Waals surface area (Å²) in [6.45, 7) is 2.00. The highest BCUT2D eigenvalue weighted by Gasteiger charge is 2.39. The number of rotatable bonds is 9. The minimum atomic E-state index is -0.802. The Labute approximate surface area is 206 Å². The molecular weight excluding hydrogens is 432 g/mol. The van der Waals surface area contributed by atoms with E-state index in [9.17, 15) is 9.59 Å². The van der Waals surface area contributed by atoms with Gasteiger partial charge < -0.3 is 11.1 Å². The van der Waals surface area contributed by atoms with Crippen LogP contribution in [-0.4, -0.2) is 17.9 Å². The van der Waals surface area contributed by atoms with Crippen molar-refractivity contribution in [1.29, 1.82) is 0 Å². The number of hydrogen-bond acceptors (Lipinski definition) is 2. The molecule has 0 aliphatic rings. The molecule has 0 aromatic heterocycles. The van der Waals surface area contributed by atoms with Crippen LogP contribution in [0, 0.1) is 6.92 Å². The molecule has 0 fully saturated rings. The molecule has 0 heterocycles. The van der Waals surface area contributed by atoms with Crippen LogP contribution in [-0.2, 0) is 21.4 Å². The zero-order valence-electron chi connectivity index (χ0n) is 19.9. The van der Waals surface area contributed by atoms with Crippen molar-refractivity contribution in [2.75, 3.05) is 0 Å². The van der Waals surface area contributed by atoms with Crippen LogP contribution >= 0.6 is 0 Å². The van der Waals surface area contributed by atoms with E-state index in [1.54, 1.807) is 0 Å². The highest BCUT2D eigenvalue weighted by molar-refractivity contribution is 5.88.